The number of hydrogen-bond donors (Lipinski definition) is 1. The number of carbonyl (C=O) groups is 1. The lowest BCUT2D eigenvalue weighted by Crippen LogP contribution is -2.13. The van der Waals surface area contributed by atoms with E-state index < -0.39 is 5.91 Å². The summed E-state index contributed by atoms with van der Waals surface area (Å²) < 4.78 is 5.14. The molecule has 0 spiro atoms. The Bertz CT molecular complexity index is 781. The van der Waals surface area contributed by atoms with E-state index in [-0.39, 0.29) is 5.57 Å². The van der Waals surface area contributed by atoms with Crippen LogP contribution in [0.1, 0.15) is 16.7 Å². The number of nitriles is 1. The molecule has 116 valence electrons. The molecule has 0 aliphatic heterocycles. The Hall–Kier alpha value is -3.06. The number of nitrogens with zero attached hydrogens (tertiary/aromatic N) is 1. The van der Waals surface area contributed by atoms with Crippen molar-refractivity contribution in [2.75, 3.05) is 12.4 Å². The number of carbonyl (C=O) groups excluding carboxylic acids is 1. The molecule has 0 aromatic heterocycles. The van der Waals surface area contributed by atoms with Crippen LogP contribution in [0.15, 0.2) is 48.0 Å². The van der Waals surface area contributed by atoms with Gasteiger partial charge in [-0.2, -0.15) is 5.26 Å². The number of benzene rings is 2. The summed E-state index contributed by atoms with van der Waals surface area (Å²) in [5.74, 6) is 0.242. The first-order valence-corrected chi connectivity index (χ1v) is 7.17. The molecule has 1 amide bonds. The Morgan fingerprint density at radius 2 is 1.87 bits per heavy atom. The van der Waals surface area contributed by atoms with Gasteiger partial charge in [0.15, 0.2) is 0 Å². The van der Waals surface area contributed by atoms with Gasteiger partial charge in [-0.1, -0.05) is 18.2 Å². The second-order valence-corrected chi connectivity index (χ2v) is 5.28. The lowest BCUT2D eigenvalue weighted by molar-refractivity contribution is -0.112. The van der Waals surface area contributed by atoms with Crippen LogP contribution in [0.25, 0.3) is 6.08 Å². The number of methoxy groups -OCH3 is 1. The van der Waals surface area contributed by atoms with Crippen molar-refractivity contribution in [2.24, 2.45) is 0 Å². The summed E-state index contributed by atoms with van der Waals surface area (Å²) in [5.41, 5.74) is 3.55. The number of ether oxygens (including phenoxy) is 1. The first-order valence-electron chi connectivity index (χ1n) is 7.17. The van der Waals surface area contributed by atoms with Crippen LogP contribution >= 0.6 is 0 Å². The van der Waals surface area contributed by atoms with E-state index in [1.807, 2.05) is 50.2 Å². The second-order valence-electron chi connectivity index (χ2n) is 5.28. The number of rotatable bonds is 4. The third-order valence-electron chi connectivity index (χ3n) is 3.25. The number of aryl methyl sites for hydroxylation is 2. The molecule has 4 nitrogen and oxygen atoms in total. The summed E-state index contributed by atoms with van der Waals surface area (Å²) >= 11 is 0. The van der Waals surface area contributed by atoms with Gasteiger partial charge < -0.3 is 10.1 Å². The Morgan fingerprint density at radius 3 is 2.48 bits per heavy atom. The van der Waals surface area contributed by atoms with Crippen LogP contribution in [0.5, 0.6) is 5.75 Å². The molecule has 0 aliphatic rings. The van der Waals surface area contributed by atoms with Crippen LogP contribution in [0.3, 0.4) is 0 Å². The maximum absolute atomic E-state index is 12.3. The predicted molar refractivity (Wildman–Crippen MR) is 91.1 cm³/mol. The molecule has 0 saturated carbocycles. The van der Waals surface area contributed by atoms with Gasteiger partial charge in [0.25, 0.3) is 5.91 Å². The number of anilines is 1. The van der Waals surface area contributed by atoms with Gasteiger partial charge >= 0.3 is 0 Å². The van der Waals surface area contributed by atoms with Crippen molar-refractivity contribution in [1.29, 1.82) is 5.26 Å². The van der Waals surface area contributed by atoms with E-state index in [1.165, 1.54) is 0 Å². The average Bonchev–Trinajstić information content (AvgIpc) is 2.51. The van der Waals surface area contributed by atoms with Gasteiger partial charge in [0, 0.05) is 5.69 Å². The minimum atomic E-state index is -0.430. The van der Waals surface area contributed by atoms with Crippen LogP contribution < -0.4 is 10.1 Å². The SMILES string of the molecule is COc1cccc(C=C(C#N)C(=O)Nc2cc(C)cc(C)c2)c1. The van der Waals surface area contributed by atoms with Gasteiger partial charge in [-0.05, 0) is 60.9 Å². The quantitative estimate of drug-likeness (QED) is 0.689. The van der Waals surface area contributed by atoms with Crippen molar-refractivity contribution in [2.45, 2.75) is 13.8 Å². The second kappa shape index (κ2) is 7.28. The van der Waals surface area contributed by atoms with Crippen LogP contribution in [-0.4, -0.2) is 13.0 Å². The number of amides is 1. The van der Waals surface area contributed by atoms with Crippen molar-refractivity contribution in [3.63, 3.8) is 0 Å². The predicted octanol–water partition coefficient (Wildman–Crippen LogP) is 3.86. The van der Waals surface area contributed by atoms with Gasteiger partial charge in [-0.3, -0.25) is 4.79 Å². The van der Waals surface area contributed by atoms with Crippen LogP contribution in [0.4, 0.5) is 5.69 Å². The highest BCUT2D eigenvalue weighted by atomic mass is 16.5. The Labute approximate surface area is 136 Å². The van der Waals surface area contributed by atoms with E-state index in [4.69, 9.17) is 4.74 Å². The molecule has 1 N–H and O–H groups in total. The largest absolute Gasteiger partial charge is 0.497 e. The summed E-state index contributed by atoms with van der Waals surface area (Å²) in [5, 5.41) is 12.0. The number of hydrogen-bond acceptors (Lipinski definition) is 3. The molecule has 0 radical (unpaired) electrons. The lowest BCUT2D eigenvalue weighted by Gasteiger charge is -2.07. The molecule has 0 atom stereocenters. The normalized spacial score (nSPS) is 10.8. The molecule has 2 aromatic carbocycles. The summed E-state index contributed by atoms with van der Waals surface area (Å²) in [4.78, 5) is 12.3. The van der Waals surface area contributed by atoms with Crippen molar-refractivity contribution in [3.8, 4) is 11.8 Å². The van der Waals surface area contributed by atoms with Gasteiger partial charge in [0.1, 0.15) is 17.4 Å². The molecule has 2 aromatic rings. The minimum absolute atomic E-state index is 0.0393. The van der Waals surface area contributed by atoms with E-state index in [0.29, 0.717) is 11.4 Å². The van der Waals surface area contributed by atoms with Crippen molar-refractivity contribution in [3.05, 3.63) is 64.7 Å². The smallest absolute Gasteiger partial charge is 0.266 e. The van der Waals surface area contributed by atoms with E-state index in [0.717, 1.165) is 16.7 Å². The third kappa shape index (κ3) is 4.45. The monoisotopic (exact) mass is 306 g/mol. The molecule has 2 rings (SSSR count). The standard InChI is InChI=1S/C19H18N2O2/c1-13-7-14(2)9-17(8-13)21-19(22)16(12-20)10-15-5-4-6-18(11-15)23-3/h4-11H,1-3H3,(H,21,22). The molecule has 0 bridgehead atoms. The average molecular weight is 306 g/mol. The third-order valence-corrected chi connectivity index (χ3v) is 3.25. The topological polar surface area (TPSA) is 62.1 Å². The Balaban J connectivity index is 2.24. The molecule has 0 heterocycles. The minimum Gasteiger partial charge on any atom is -0.497 e. The Kier molecular flexibility index (Phi) is 5.16. The highest BCUT2D eigenvalue weighted by Crippen LogP contribution is 2.17. The maximum Gasteiger partial charge on any atom is 0.266 e. The summed E-state index contributed by atoms with van der Waals surface area (Å²) in [6.07, 6.45) is 1.54. The van der Waals surface area contributed by atoms with Gasteiger partial charge in [0.05, 0.1) is 7.11 Å². The first-order chi connectivity index (χ1) is 11.0. The zero-order valence-corrected chi connectivity index (χ0v) is 13.4. The maximum atomic E-state index is 12.3. The molecule has 4 heteroatoms. The van der Waals surface area contributed by atoms with Gasteiger partial charge in [-0.15, -0.1) is 0 Å². The van der Waals surface area contributed by atoms with Crippen LogP contribution in [0.2, 0.25) is 0 Å². The van der Waals surface area contributed by atoms with Crippen molar-refractivity contribution in [1.82, 2.24) is 0 Å². The van der Waals surface area contributed by atoms with Crippen LogP contribution in [-0.2, 0) is 4.79 Å². The highest BCUT2D eigenvalue weighted by Gasteiger charge is 2.10. The fraction of sp³-hybridized carbons (Fsp3) is 0.158. The highest BCUT2D eigenvalue weighted by molar-refractivity contribution is 6.09. The lowest BCUT2D eigenvalue weighted by atomic mass is 10.1. The number of nitrogens with one attached hydrogen (secondary N) is 1. The zero-order chi connectivity index (χ0) is 16.8. The van der Waals surface area contributed by atoms with Gasteiger partial charge in [0.2, 0.25) is 0 Å². The fourth-order valence-electron chi connectivity index (χ4n) is 2.29. The first kappa shape index (κ1) is 16.3. The zero-order valence-electron chi connectivity index (χ0n) is 13.4. The Morgan fingerprint density at radius 1 is 1.17 bits per heavy atom. The van der Waals surface area contributed by atoms with Crippen molar-refractivity contribution < 1.29 is 9.53 Å². The molecule has 0 aliphatic carbocycles. The van der Waals surface area contributed by atoms with Crippen LogP contribution in [0, 0.1) is 25.2 Å². The van der Waals surface area contributed by atoms with E-state index in [1.54, 1.807) is 25.3 Å². The van der Waals surface area contributed by atoms with Crippen molar-refractivity contribution >= 4 is 17.7 Å². The van der Waals surface area contributed by atoms with E-state index >= 15 is 0 Å². The van der Waals surface area contributed by atoms with Gasteiger partial charge in [-0.25, -0.2) is 0 Å². The van der Waals surface area contributed by atoms with E-state index in [2.05, 4.69) is 5.32 Å². The van der Waals surface area contributed by atoms with E-state index in [9.17, 15) is 10.1 Å². The summed E-state index contributed by atoms with van der Waals surface area (Å²) in [7, 11) is 1.57. The molecule has 23 heavy (non-hydrogen) atoms. The summed E-state index contributed by atoms with van der Waals surface area (Å²) in [6.45, 7) is 3.92. The molecular formula is C19H18N2O2. The molecular weight excluding hydrogens is 288 g/mol. The summed E-state index contributed by atoms with van der Waals surface area (Å²) in [6, 6.07) is 14.9. The fourth-order valence-corrected chi connectivity index (χ4v) is 2.29. The molecule has 0 saturated heterocycles. The molecule has 0 fully saturated rings. The molecule has 0 unspecified atom stereocenters.